The topological polar surface area (TPSA) is 59.2 Å². The third-order valence-corrected chi connectivity index (χ3v) is 2.63. The van der Waals surface area contributed by atoms with Crippen molar-refractivity contribution in [2.24, 2.45) is 0 Å². The fourth-order valence-electron chi connectivity index (χ4n) is 1.26. The normalized spacial score (nSPS) is 10.7. The summed E-state index contributed by atoms with van der Waals surface area (Å²) < 4.78 is 18.3. The van der Waals surface area contributed by atoms with Crippen molar-refractivity contribution in [1.82, 2.24) is 10.1 Å². The van der Waals surface area contributed by atoms with E-state index in [4.69, 9.17) is 9.63 Å². The number of aliphatic hydroxyl groups excluding tert-OH is 1. The first-order chi connectivity index (χ1) is 7.69. The van der Waals surface area contributed by atoms with Gasteiger partial charge in [-0.3, -0.25) is 0 Å². The number of hydrogen-bond acceptors (Lipinski definition) is 4. The number of rotatable bonds is 3. The van der Waals surface area contributed by atoms with Gasteiger partial charge in [0.2, 0.25) is 0 Å². The molecule has 0 radical (unpaired) electrons. The SMILES string of the molecule is OCc1nc(Cc2ccc(Br)c(F)c2)no1. The number of aliphatic hydroxyl groups is 1. The molecule has 4 nitrogen and oxygen atoms in total. The van der Waals surface area contributed by atoms with E-state index in [9.17, 15) is 4.39 Å². The van der Waals surface area contributed by atoms with Gasteiger partial charge in [-0.05, 0) is 33.6 Å². The minimum atomic E-state index is -0.330. The zero-order valence-corrected chi connectivity index (χ0v) is 9.74. The first-order valence-electron chi connectivity index (χ1n) is 4.55. The second kappa shape index (κ2) is 4.71. The Kier molecular flexibility index (Phi) is 3.31. The molecule has 84 valence electrons. The van der Waals surface area contributed by atoms with Crippen LogP contribution < -0.4 is 0 Å². The Hall–Kier alpha value is -1.27. The van der Waals surface area contributed by atoms with Crippen LogP contribution in [0.5, 0.6) is 0 Å². The predicted molar refractivity (Wildman–Crippen MR) is 57.1 cm³/mol. The van der Waals surface area contributed by atoms with Crippen molar-refractivity contribution in [1.29, 1.82) is 0 Å². The first-order valence-corrected chi connectivity index (χ1v) is 5.34. The van der Waals surface area contributed by atoms with E-state index in [1.54, 1.807) is 12.1 Å². The maximum atomic E-state index is 13.2. The molecule has 0 spiro atoms. The smallest absolute Gasteiger partial charge is 0.252 e. The number of halogens is 2. The molecule has 0 saturated carbocycles. The average molecular weight is 287 g/mol. The van der Waals surface area contributed by atoms with Gasteiger partial charge >= 0.3 is 0 Å². The van der Waals surface area contributed by atoms with Crippen molar-refractivity contribution in [2.75, 3.05) is 0 Å². The van der Waals surface area contributed by atoms with Crippen molar-refractivity contribution in [3.8, 4) is 0 Å². The summed E-state index contributed by atoms with van der Waals surface area (Å²) in [6.07, 6.45) is 0.369. The van der Waals surface area contributed by atoms with Crippen LogP contribution in [0.15, 0.2) is 27.2 Å². The van der Waals surface area contributed by atoms with Gasteiger partial charge in [0.25, 0.3) is 5.89 Å². The van der Waals surface area contributed by atoms with Crippen LogP contribution in [0.2, 0.25) is 0 Å². The molecule has 0 saturated heterocycles. The molecule has 0 aliphatic carbocycles. The van der Waals surface area contributed by atoms with Crippen LogP contribution in [-0.2, 0) is 13.0 Å². The van der Waals surface area contributed by atoms with Crippen LogP contribution in [0.4, 0.5) is 4.39 Å². The van der Waals surface area contributed by atoms with E-state index in [-0.39, 0.29) is 18.3 Å². The molecule has 0 unspecified atom stereocenters. The number of nitrogens with zero attached hydrogens (tertiary/aromatic N) is 2. The van der Waals surface area contributed by atoms with Crippen molar-refractivity contribution in [3.05, 3.63) is 45.8 Å². The molecule has 1 N–H and O–H groups in total. The summed E-state index contributed by atoms with van der Waals surface area (Å²) in [6.45, 7) is -0.290. The van der Waals surface area contributed by atoms with E-state index in [1.807, 2.05) is 0 Å². The number of benzene rings is 1. The molecular formula is C10H8BrFN2O2. The molecule has 0 atom stereocenters. The Morgan fingerprint density at radius 1 is 1.44 bits per heavy atom. The van der Waals surface area contributed by atoms with Crippen LogP contribution >= 0.6 is 15.9 Å². The van der Waals surface area contributed by atoms with Gasteiger partial charge < -0.3 is 9.63 Å². The Morgan fingerprint density at radius 3 is 2.88 bits per heavy atom. The van der Waals surface area contributed by atoms with Gasteiger partial charge in [0.05, 0.1) is 4.47 Å². The van der Waals surface area contributed by atoms with E-state index < -0.39 is 0 Å². The van der Waals surface area contributed by atoms with Gasteiger partial charge in [-0.1, -0.05) is 11.2 Å². The molecule has 6 heteroatoms. The lowest BCUT2D eigenvalue weighted by Gasteiger charge is -1.98. The zero-order valence-electron chi connectivity index (χ0n) is 8.15. The molecule has 2 aromatic rings. The summed E-state index contributed by atoms with van der Waals surface area (Å²) in [5, 5.41) is 12.4. The largest absolute Gasteiger partial charge is 0.387 e. The van der Waals surface area contributed by atoms with Gasteiger partial charge in [-0.15, -0.1) is 0 Å². The molecule has 16 heavy (non-hydrogen) atoms. The fourth-order valence-corrected chi connectivity index (χ4v) is 1.50. The van der Waals surface area contributed by atoms with Crippen LogP contribution in [0.3, 0.4) is 0 Å². The third-order valence-electron chi connectivity index (χ3n) is 1.99. The van der Waals surface area contributed by atoms with E-state index in [2.05, 4.69) is 26.1 Å². The summed E-state index contributed by atoms with van der Waals surface area (Å²) in [5.41, 5.74) is 0.742. The van der Waals surface area contributed by atoms with Crippen LogP contribution in [0.1, 0.15) is 17.3 Å². The standard InChI is InChI=1S/C10H8BrFN2O2/c11-7-2-1-6(3-8(7)12)4-9-13-10(5-15)16-14-9/h1-3,15H,4-5H2. The average Bonchev–Trinajstić information content (AvgIpc) is 2.71. The highest BCUT2D eigenvalue weighted by molar-refractivity contribution is 9.10. The molecule has 0 aliphatic rings. The van der Waals surface area contributed by atoms with E-state index in [0.29, 0.717) is 16.7 Å². The Labute approximate surface area is 99.2 Å². The van der Waals surface area contributed by atoms with Gasteiger partial charge in [-0.2, -0.15) is 4.98 Å². The summed E-state index contributed by atoms with van der Waals surface area (Å²) in [4.78, 5) is 3.91. The van der Waals surface area contributed by atoms with Crippen LogP contribution in [0, 0.1) is 5.82 Å². The maximum absolute atomic E-state index is 13.2. The van der Waals surface area contributed by atoms with Crippen molar-refractivity contribution in [2.45, 2.75) is 13.0 Å². The van der Waals surface area contributed by atoms with E-state index >= 15 is 0 Å². The highest BCUT2D eigenvalue weighted by Gasteiger charge is 2.07. The summed E-state index contributed by atoms with van der Waals surface area (Å²) in [7, 11) is 0. The summed E-state index contributed by atoms with van der Waals surface area (Å²) in [6, 6.07) is 4.79. The molecule has 2 rings (SSSR count). The van der Waals surface area contributed by atoms with Gasteiger partial charge in [-0.25, -0.2) is 4.39 Å². The minimum Gasteiger partial charge on any atom is -0.387 e. The Balaban J connectivity index is 2.17. The second-order valence-electron chi connectivity index (χ2n) is 3.19. The Bertz CT molecular complexity index is 501. The molecular weight excluding hydrogens is 279 g/mol. The molecule has 1 heterocycles. The molecule has 0 aliphatic heterocycles. The molecule has 0 bridgehead atoms. The van der Waals surface area contributed by atoms with Gasteiger partial charge in [0.15, 0.2) is 5.82 Å². The number of hydrogen-bond donors (Lipinski definition) is 1. The molecule has 1 aromatic heterocycles. The van der Waals surface area contributed by atoms with Gasteiger partial charge in [0, 0.05) is 6.42 Å². The van der Waals surface area contributed by atoms with Crippen molar-refractivity contribution < 1.29 is 14.0 Å². The third kappa shape index (κ3) is 2.45. The lowest BCUT2D eigenvalue weighted by atomic mass is 10.1. The summed E-state index contributed by atoms with van der Waals surface area (Å²) >= 11 is 3.07. The Morgan fingerprint density at radius 2 is 2.25 bits per heavy atom. The van der Waals surface area contributed by atoms with E-state index in [0.717, 1.165) is 5.56 Å². The predicted octanol–water partition coefficient (Wildman–Crippen LogP) is 2.05. The molecule has 1 aromatic carbocycles. The van der Waals surface area contributed by atoms with Crippen molar-refractivity contribution >= 4 is 15.9 Å². The second-order valence-corrected chi connectivity index (χ2v) is 4.04. The zero-order chi connectivity index (χ0) is 11.5. The van der Waals surface area contributed by atoms with Crippen LogP contribution in [0.25, 0.3) is 0 Å². The molecule has 0 amide bonds. The quantitative estimate of drug-likeness (QED) is 0.938. The highest BCUT2D eigenvalue weighted by Crippen LogP contribution is 2.17. The maximum Gasteiger partial charge on any atom is 0.252 e. The lowest BCUT2D eigenvalue weighted by Crippen LogP contribution is -1.92. The minimum absolute atomic E-state index is 0.160. The highest BCUT2D eigenvalue weighted by atomic mass is 79.9. The molecule has 0 fully saturated rings. The van der Waals surface area contributed by atoms with Gasteiger partial charge in [0.1, 0.15) is 12.4 Å². The lowest BCUT2D eigenvalue weighted by molar-refractivity contribution is 0.222. The number of aromatic nitrogens is 2. The van der Waals surface area contributed by atoms with Crippen LogP contribution in [-0.4, -0.2) is 15.2 Å². The fraction of sp³-hybridized carbons (Fsp3) is 0.200. The van der Waals surface area contributed by atoms with E-state index in [1.165, 1.54) is 6.07 Å². The first kappa shape index (κ1) is 11.2. The van der Waals surface area contributed by atoms with Crippen molar-refractivity contribution in [3.63, 3.8) is 0 Å². The monoisotopic (exact) mass is 286 g/mol. The summed E-state index contributed by atoms with van der Waals surface area (Å²) in [5.74, 6) is 0.252.